The molecule has 3 N–H and O–H groups in total. The van der Waals surface area contributed by atoms with Crippen LogP contribution in [0.4, 0.5) is 0 Å². The van der Waals surface area contributed by atoms with Crippen molar-refractivity contribution in [3.05, 3.63) is 77.9 Å². The normalized spacial score (nSPS) is 22.2. The number of aromatic hydroxyl groups is 2. The van der Waals surface area contributed by atoms with E-state index in [2.05, 4.69) is 4.90 Å². The quantitative estimate of drug-likeness (QED) is 0.445. The molecule has 5 rings (SSSR count). The van der Waals surface area contributed by atoms with E-state index in [1.807, 2.05) is 36.4 Å². The van der Waals surface area contributed by atoms with Crippen molar-refractivity contribution in [2.24, 2.45) is 0 Å². The third kappa shape index (κ3) is 4.97. The maximum absolute atomic E-state index is 9.93. The minimum atomic E-state index is -0.240. The average molecular weight is 480 g/mol. The van der Waals surface area contributed by atoms with Crippen molar-refractivity contribution in [2.75, 3.05) is 26.3 Å². The van der Waals surface area contributed by atoms with Crippen molar-refractivity contribution in [2.45, 2.75) is 35.1 Å². The molecule has 7 heteroatoms. The second-order valence-electron chi connectivity index (χ2n) is 8.73. The second-order valence-corrected chi connectivity index (χ2v) is 9.91. The van der Waals surface area contributed by atoms with Crippen LogP contribution in [0.2, 0.25) is 0 Å². The highest BCUT2D eigenvalue weighted by molar-refractivity contribution is 7.99. The van der Waals surface area contributed by atoms with Crippen LogP contribution in [0.25, 0.3) is 0 Å². The fourth-order valence-electron chi connectivity index (χ4n) is 4.66. The van der Waals surface area contributed by atoms with Gasteiger partial charge in [-0.25, -0.2) is 0 Å². The Morgan fingerprint density at radius 2 is 1.68 bits per heavy atom. The van der Waals surface area contributed by atoms with E-state index >= 15 is 0 Å². The second kappa shape index (κ2) is 10.2. The predicted octanol–water partition coefficient (Wildman–Crippen LogP) is 4.90. The maximum atomic E-state index is 9.93. The van der Waals surface area contributed by atoms with Gasteiger partial charge in [-0.3, -0.25) is 4.90 Å². The minimum Gasteiger partial charge on any atom is -0.508 e. The van der Waals surface area contributed by atoms with Gasteiger partial charge in [0.05, 0.1) is 16.8 Å². The number of fused-ring (bicyclic) bond motifs is 1. The zero-order chi connectivity index (χ0) is 23.5. The fourth-order valence-corrected chi connectivity index (χ4v) is 5.99. The Kier molecular flexibility index (Phi) is 6.85. The Morgan fingerprint density at radius 1 is 0.941 bits per heavy atom. The summed E-state index contributed by atoms with van der Waals surface area (Å²) in [6.45, 7) is 2.61. The van der Waals surface area contributed by atoms with Gasteiger partial charge in [-0.05, 0) is 73.0 Å². The van der Waals surface area contributed by atoms with Gasteiger partial charge in [0.15, 0.2) is 0 Å². The van der Waals surface area contributed by atoms with Crippen molar-refractivity contribution in [3.8, 4) is 23.0 Å². The third-order valence-electron chi connectivity index (χ3n) is 6.50. The van der Waals surface area contributed by atoms with Crippen molar-refractivity contribution in [1.82, 2.24) is 4.90 Å². The van der Waals surface area contributed by atoms with Crippen LogP contribution in [0.5, 0.6) is 23.0 Å². The Bertz CT molecular complexity index is 1110. The Balaban J connectivity index is 1.32. The number of benzene rings is 3. The molecule has 2 aliphatic rings. The number of nitrogens with zero attached hydrogens (tertiary/aromatic N) is 1. The first-order chi connectivity index (χ1) is 16.6. The lowest BCUT2D eigenvalue weighted by atomic mass is 10.00. The summed E-state index contributed by atoms with van der Waals surface area (Å²) in [5.74, 6) is 1.98. The van der Waals surface area contributed by atoms with Gasteiger partial charge in [0.25, 0.3) is 0 Å². The van der Waals surface area contributed by atoms with Crippen molar-refractivity contribution < 1.29 is 24.8 Å². The van der Waals surface area contributed by atoms with Crippen molar-refractivity contribution in [1.29, 1.82) is 0 Å². The Morgan fingerprint density at radius 3 is 2.44 bits per heavy atom. The summed E-state index contributed by atoms with van der Waals surface area (Å²) < 4.78 is 12.4. The van der Waals surface area contributed by atoms with E-state index in [0.717, 1.165) is 53.5 Å². The van der Waals surface area contributed by atoms with Crippen LogP contribution in [0.3, 0.4) is 0 Å². The lowest BCUT2D eigenvalue weighted by molar-refractivity contribution is 0.139. The molecule has 0 amide bonds. The Hall–Kier alpha value is -2.87. The molecule has 2 heterocycles. The number of aliphatic hydroxyl groups excluding tert-OH is 1. The molecule has 0 bridgehead atoms. The molecule has 178 valence electrons. The molecule has 3 aromatic carbocycles. The smallest absolute Gasteiger partial charge is 0.140 e. The summed E-state index contributed by atoms with van der Waals surface area (Å²) in [5, 5.41) is 29.1. The number of hydrogen-bond acceptors (Lipinski definition) is 7. The summed E-state index contributed by atoms with van der Waals surface area (Å²) in [7, 11) is 0. The first-order valence-electron chi connectivity index (χ1n) is 11.6. The van der Waals surface area contributed by atoms with Gasteiger partial charge < -0.3 is 24.8 Å². The Labute approximate surface area is 203 Å². The van der Waals surface area contributed by atoms with Gasteiger partial charge in [0.2, 0.25) is 0 Å². The van der Waals surface area contributed by atoms with Crippen LogP contribution >= 0.6 is 11.8 Å². The van der Waals surface area contributed by atoms with Crippen molar-refractivity contribution >= 4 is 11.8 Å². The molecule has 0 saturated carbocycles. The molecular weight excluding hydrogens is 450 g/mol. The highest BCUT2D eigenvalue weighted by Crippen LogP contribution is 2.54. The van der Waals surface area contributed by atoms with Gasteiger partial charge in [-0.2, -0.15) is 0 Å². The summed E-state index contributed by atoms with van der Waals surface area (Å²) in [6, 6.07) is 20.6. The standard InChI is InChI=1S/C27H29NO5S/c29-17-20-2-1-13-28(20)14-15-32-23-10-5-18(6-11-23)26-27(19-3-7-21(30)8-4-19)34-25-16-22(31)9-12-24(25)33-26/h3-12,16,20,26-27,29-31H,1-2,13-15,17H2/t20-,26+,27-/m1/s1. The average Bonchev–Trinajstić information content (AvgIpc) is 3.32. The lowest BCUT2D eigenvalue weighted by Gasteiger charge is -2.34. The monoisotopic (exact) mass is 479 g/mol. The molecule has 2 aliphatic heterocycles. The van der Waals surface area contributed by atoms with Crippen molar-refractivity contribution in [3.63, 3.8) is 0 Å². The molecule has 1 saturated heterocycles. The number of phenols is 2. The van der Waals surface area contributed by atoms with E-state index in [4.69, 9.17) is 9.47 Å². The fraction of sp³-hybridized carbons (Fsp3) is 0.333. The van der Waals surface area contributed by atoms with E-state index < -0.39 is 0 Å². The number of thioether (sulfide) groups is 1. The minimum absolute atomic E-state index is 0.0488. The summed E-state index contributed by atoms with van der Waals surface area (Å²) in [6.07, 6.45) is 1.94. The molecule has 0 spiro atoms. The van der Waals surface area contributed by atoms with Gasteiger partial charge in [-0.1, -0.05) is 24.3 Å². The van der Waals surface area contributed by atoms with Crippen LogP contribution in [0.1, 0.15) is 35.3 Å². The number of ether oxygens (including phenoxy) is 2. The first kappa shape index (κ1) is 22.9. The molecule has 0 radical (unpaired) electrons. The number of rotatable bonds is 7. The molecule has 34 heavy (non-hydrogen) atoms. The molecule has 1 fully saturated rings. The molecule has 3 aromatic rings. The van der Waals surface area contributed by atoms with Gasteiger partial charge in [0, 0.05) is 12.6 Å². The zero-order valence-electron chi connectivity index (χ0n) is 18.8. The van der Waals surface area contributed by atoms with Gasteiger partial charge in [0.1, 0.15) is 35.7 Å². The largest absolute Gasteiger partial charge is 0.508 e. The number of hydrogen-bond donors (Lipinski definition) is 3. The molecule has 0 aliphatic carbocycles. The number of likely N-dealkylation sites (tertiary alicyclic amines) is 1. The van der Waals surface area contributed by atoms with Gasteiger partial charge >= 0.3 is 0 Å². The first-order valence-corrected chi connectivity index (χ1v) is 12.5. The predicted molar refractivity (Wildman–Crippen MR) is 132 cm³/mol. The topological polar surface area (TPSA) is 82.4 Å². The summed E-state index contributed by atoms with van der Waals surface area (Å²) >= 11 is 1.64. The van der Waals surface area contributed by atoms with Crippen LogP contribution in [0, 0.1) is 0 Å². The number of aliphatic hydroxyl groups is 1. The van der Waals surface area contributed by atoms with Crippen LogP contribution < -0.4 is 9.47 Å². The molecular formula is C27H29NO5S. The molecule has 6 nitrogen and oxygen atoms in total. The highest BCUT2D eigenvalue weighted by atomic mass is 32.2. The van der Waals surface area contributed by atoms with Gasteiger partial charge in [-0.15, -0.1) is 11.8 Å². The molecule has 3 atom stereocenters. The lowest BCUT2D eigenvalue weighted by Crippen LogP contribution is -2.35. The molecule has 0 aromatic heterocycles. The zero-order valence-corrected chi connectivity index (χ0v) is 19.7. The van der Waals surface area contributed by atoms with E-state index in [1.54, 1.807) is 42.1 Å². The maximum Gasteiger partial charge on any atom is 0.140 e. The SMILES string of the molecule is OC[C@H]1CCCN1CCOc1ccc([C@@H]2Oc3ccc(O)cc3S[C@@H]2c2ccc(O)cc2)cc1. The third-order valence-corrected chi connectivity index (χ3v) is 7.84. The molecule has 0 unspecified atom stereocenters. The van der Waals surface area contributed by atoms with E-state index in [0.29, 0.717) is 6.61 Å². The summed E-state index contributed by atoms with van der Waals surface area (Å²) in [4.78, 5) is 3.18. The highest BCUT2D eigenvalue weighted by Gasteiger charge is 2.33. The van der Waals surface area contributed by atoms with E-state index in [-0.39, 0.29) is 35.5 Å². The van der Waals surface area contributed by atoms with Crippen LogP contribution in [-0.4, -0.2) is 52.6 Å². The van der Waals surface area contributed by atoms with E-state index in [9.17, 15) is 15.3 Å². The van der Waals surface area contributed by atoms with Crippen LogP contribution in [-0.2, 0) is 0 Å². The summed E-state index contributed by atoms with van der Waals surface area (Å²) in [5.41, 5.74) is 2.06. The number of phenolic OH excluding ortho intramolecular Hbond substituents is 2. The van der Waals surface area contributed by atoms with E-state index in [1.165, 1.54) is 0 Å². The van der Waals surface area contributed by atoms with Crippen LogP contribution in [0.15, 0.2) is 71.6 Å².